The van der Waals surface area contributed by atoms with E-state index in [1.54, 1.807) is 6.07 Å². The summed E-state index contributed by atoms with van der Waals surface area (Å²) in [6, 6.07) is 6.50. The number of amides is 1. The number of rotatable bonds is 5. The summed E-state index contributed by atoms with van der Waals surface area (Å²) in [6.07, 6.45) is 0. The number of benzene rings is 1. The van der Waals surface area contributed by atoms with Gasteiger partial charge in [-0.3, -0.25) is 4.79 Å². The van der Waals surface area contributed by atoms with Crippen LogP contribution in [0, 0.1) is 6.92 Å². The van der Waals surface area contributed by atoms with E-state index in [-0.39, 0.29) is 23.3 Å². The summed E-state index contributed by atoms with van der Waals surface area (Å²) in [6.45, 7) is 7.94. The van der Waals surface area contributed by atoms with E-state index in [1.165, 1.54) is 0 Å². The van der Waals surface area contributed by atoms with E-state index < -0.39 is 29.1 Å². The summed E-state index contributed by atoms with van der Waals surface area (Å²) in [5.74, 6) is -4.06. The van der Waals surface area contributed by atoms with Crippen molar-refractivity contribution in [3.8, 4) is 0 Å². The van der Waals surface area contributed by atoms with Crippen molar-refractivity contribution in [1.82, 2.24) is 19.6 Å². The van der Waals surface area contributed by atoms with Crippen molar-refractivity contribution in [2.75, 3.05) is 7.11 Å². The van der Waals surface area contributed by atoms with Gasteiger partial charge in [-0.25, -0.2) is 19.4 Å². The van der Waals surface area contributed by atoms with Gasteiger partial charge in [0, 0.05) is 12.6 Å². The zero-order chi connectivity index (χ0) is 26.5. The topological polar surface area (TPSA) is 202 Å². The number of carboxylic acid groups (broad SMARTS) is 1. The number of nitrogens with zero attached hydrogens (tertiary/aromatic N) is 4. The number of ether oxygens (including phenoxy) is 2. The molecule has 0 saturated carbocycles. The third kappa shape index (κ3) is 6.80. The van der Waals surface area contributed by atoms with Crippen molar-refractivity contribution < 1.29 is 33.8 Å². The standard InChI is InChI=1S/C13H19NO2.C9H7N5O5/c1-9-7-10(8-14)5-6-11(9)12(15)16-13(2,3)4;1-19-8(18)4-2-3(7(16)17)11-9-12-6(5(10)15)13-14(4)9/h5-7H,8,14H2,1-4H3;2H,1H3,(H2,10,15)(H,16,17). The number of carboxylic acids is 1. The second kappa shape index (κ2) is 10.7. The van der Waals surface area contributed by atoms with Crippen LogP contribution in [0.3, 0.4) is 0 Å². The first kappa shape index (κ1) is 26.9. The number of methoxy groups -OCH3 is 1. The molecular weight excluding hydrogens is 460 g/mol. The Hall–Kier alpha value is -4.39. The molecule has 3 aromatic rings. The molecule has 0 aliphatic heterocycles. The second-order valence-corrected chi connectivity index (χ2v) is 8.19. The average molecular weight is 486 g/mol. The maximum absolute atomic E-state index is 11.8. The van der Waals surface area contributed by atoms with Gasteiger partial charge in [0.15, 0.2) is 11.4 Å². The highest BCUT2D eigenvalue weighted by Gasteiger charge is 2.21. The third-order valence-corrected chi connectivity index (χ3v) is 4.29. The largest absolute Gasteiger partial charge is 0.477 e. The molecule has 1 aromatic carbocycles. The molecule has 2 heterocycles. The van der Waals surface area contributed by atoms with Crippen LogP contribution in [0.4, 0.5) is 0 Å². The van der Waals surface area contributed by atoms with Crippen molar-refractivity contribution in [1.29, 1.82) is 0 Å². The van der Waals surface area contributed by atoms with E-state index in [0.29, 0.717) is 12.1 Å². The van der Waals surface area contributed by atoms with Crippen LogP contribution < -0.4 is 11.5 Å². The Balaban J connectivity index is 0.000000251. The zero-order valence-corrected chi connectivity index (χ0v) is 19.9. The minimum absolute atomic E-state index is 0.232. The molecule has 0 bridgehead atoms. The van der Waals surface area contributed by atoms with Crippen molar-refractivity contribution in [2.45, 2.75) is 39.8 Å². The lowest BCUT2D eigenvalue weighted by molar-refractivity contribution is 0.00682. The highest BCUT2D eigenvalue weighted by atomic mass is 16.6. The number of esters is 2. The summed E-state index contributed by atoms with van der Waals surface area (Å²) in [4.78, 5) is 52.5. The third-order valence-electron chi connectivity index (χ3n) is 4.29. The van der Waals surface area contributed by atoms with Gasteiger partial charge in [0.05, 0.1) is 12.7 Å². The SMILES string of the molecule is COC(=O)c1cc(C(=O)O)nc2nc(C(N)=O)nn12.Cc1cc(CN)ccc1C(=O)OC(C)(C)C. The molecule has 0 spiro atoms. The molecule has 2 aromatic heterocycles. The van der Waals surface area contributed by atoms with Crippen LogP contribution in [-0.4, -0.2) is 61.2 Å². The quantitative estimate of drug-likeness (QED) is 0.436. The van der Waals surface area contributed by atoms with E-state index in [0.717, 1.165) is 28.8 Å². The number of aromatic carboxylic acids is 1. The van der Waals surface area contributed by atoms with Crippen molar-refractivity contribution in [3.63, 3.8) is 0 Å². The normalized spacial score (nSPS) is 10.8. The van der Waals surface area contributed by atoms with Crippen molar-refractivity contribution >= 4 is 29.6 Å². The van der Waals surface area contributed by atoms with Crippen LogP contribution in [0.15, 0.2) is 24.3 Å². The number of hydrogen-bond acceptors (Lipinski definition) is 10. The van der Waals surface area contributed by atoms with Gasteiger partial charge in [-0.1, -0.05) is 12.1 Å². The maximum Gasteiger partial charge on any atom is 0.356 e. The molecule has 0 aliphatic rings. The van der Waals surface area contributed by atoms with E-state index >= 15 is 0 Å². The van der Waals surface area contributed by atoms with Crippen LogP contribution in [0.1, 0.15) is 73.9 Å². The molecule has 0 saturated heterocycles. The van der Waals surface area contributed by atoms with Crippen LogP contribution >= 0.6 is 0 Å². The maximum atomic E-state index is 11.8. The lowest BCUT2D eigenvalue weighted by Gasteiger charge is -2.20. The van der Waals surface area contributed by atoms with E-state index in [1.807, 2.05) is 39.8 Å². The lowest BCUT2D eigenvalue weighted by atomic mass is 10.0. The number of nitrogens with two attached hydrogens (primary N) is 2. The van der Waals surface area contributed by atoms with E-state index in [2.05, 4.69) is 19.8 Å². The highest BCUT2D eigenvalue weighted by molar-refractivity contribution is 5.94. The molecular formula is C22H26N6O7. The number of carbonyl (C=O) groups is 4. The Bertz CT molecular complexity index is 1290. The van der Waals surface area contributed by atoms with Gasteiger partial charge in [0.2, 0.25) is 5.82 Å². The molecule has 35 heavy (non-hydrogen) atoms. The number of fused-ring (bicyclic) bond motifs is 1. The zero-order valence-electron chi connectivity index (χ0n) is 19.9. The molecule has 0 radical (unpaired) electrons. The molecule has 186 valence electrons. The fourth-order valence-corrected chi connectivity index (χ4v) is 2.75. The van der Waals surface area contributed by atoms with Gasteiger partial charge < -0.3 is 26.0 Å². The molecule has 1 amide bonds. The number of hydrogen-bond donors (Lipinski definition) is 3. The molecule has 5 N–H and O–H groups in total. The fourth-order valence-electron chi connectivity index (χ4n) is 2.75. The summed E-state index contributed by atoms with van der Waals surface area (Å²) in [5.41, 5.74) is 11.9. The molecule has 0 fully saturated rings. The fraction of sp³-hybridized carbons (Fsp3) is 0.318. The predicted octanol–water partition coefficient (Wildman–Crippen LogP) is 1.12. The Morgan fingerprint density at radius 2 is 1.74 bits per heavy atom. The molecule has 13 heteroatoms. The smallest absolute Gasteiger partial charge is 0.356 e. The van der Waals surface area contributed by atoms with E-state index in [4.69, 9.17) is 21.3 Å². The first-order valence-corrected chi connectivity index (χ1v) is 10.2. The Morgan fingerprint density at radius 3 is 2.23 bits per heavy atom. The van der Waals surface area contributed by atoms with E-state index in [9.17, 15) is 19.2 Å². The molecule has 0 atom stereocenters. The summed E-state index contributed by atoms with van der Waals surface area (Å²) in [7, 11) is 1.11. The average Bonchev–Trinajstić information content (AvgIpc) is 3.21. The first-order chi connectivity index (χ1) is 16.3. The van der Waals surface area contributed by atoms with Crippen molar-refractivity contribution in [3.05, 3.63) is 58.2 Å². The van der Waals surface area contributed by atoms with Crippen LogP contribution in [0.5, 0.6) is 0 Å². The lowest BCUT2D eigenvalue weighted by Crippen LogP contribution is -2.24. The summed E-state index contributed by atoms with van der Waals surface area (Å²) < 4.78 is 10.7. The summed E-state index contributed by atoms with van der Waals surface area (Å²) >= 11 is 0. The first-order valence-electron chi connectivity index (χ1n) is 10.2. The van der Waals surface area contributed by atoms with Gasteiger partial charge in [-0.15, -0.1) is 5.10 Å². The number of primary amides is 1. The molecule has 0 aliphatic carbocycles. The summed E-state index contributed by atoms with van der Waals surface area (Å²) in [5, 5.41) is 12.5. The number of aromatic nitrogens is 4. The predicted molar refractivity (Wildman–Crippen MR) is 122 cm³/mol. The highest BCUT2D eigenvalue weighted by Crippen LogP contribution is 2.16. The van der Waals surface area contributed by atoms with Crippen LogP contribution in [-0.2, 0) is 16.0 Å². The monoisotopic (exact) mass is 486 g/mol. The number of carbonyl (C=O) groups excluding carboxylic acids is 3. The molecule has 13 nitrogen and oxygen atoms in total. The Labute approximate surface area is 200 Å². The van der Waals surface area contributed by atoms with Gasteiger partial charge in [0.25, 0.3) is 11.7 Å². The van der Waals surface area contributed by atoms with Gasteiger partial charge in [-0.05, 0) is 44.9 Å². The minimum Gasteiger partial charge on any atom is -0.477 e. The van der Waals surface area contributed by atoms with Gasteiger partial charge in [-0.2, -0.15) is 9.50 Å². The van der Waals surface area contributed by atoms with Crippen LogP contribution in [0.25, 0.3) is 5.78 Å². The van der Waals surface area contributed by atoms with Crippen LogP contribution in [0.2, 0.25) is 0 Å². The van der Waals surface area contributed by atoms with Gasteiger partial charge in [0.1, 0.15) is 5.60 Å². The Kier molecular flexibility index (Phi) is 8.21. The van der Waals surface area contributed by atoms with Gasteiger partial charge >= 0.3 is 17.9 Å². The van der Waals surface area contributed by atoms with Crippen molar-refractivity contribution in [2.24, 2.45) is 11.5 Å². The molecule has 3 rings (SSSR count). The second-order valence-electron chi connectivity index (χ2n) is 8.19. The molecule has 0 unspecified atom stereocenters. The number of aryl methyl sites for hydroxylation is 1. The minimum atomic E-state index is -1.36. The Morgan fingerprint density at radius 1 is 1.09 bits per heavy atom.